The second-order valence-corrected chi connectivity index (χ2v) is 4.97. The van der Waals surface area contributed by atoms with Gasteiger partial charge in [0.05, 0.1) is 6.54 Å². The molecule has 1 rings (SSSR count). The van der Waals surface area contributed by atoms with E-state index in [0.29, 0.717) is 12.8 Å². The Bertz CT molecular complexity index is 474. The highest BCUT2D eigenvalue weighted by Crippen LogP contribution is 2.04. The van der Waals surface area contributed by atoms with Gasteiger partial charge in [0.1, 0.15) is 6.04 Å². The van der Waals surface area contributed by atoms with Gasteiger partial charge in [-0.15, -0.1) is 0 Å². The molecule has 1 aromatic carbocycles. The van der Waals surface area contributed by atoms with Crippen LogP contribution in [0.5, 0.6) is 0 Å². The van der Waals surface area contributed by atoms with Crippen molar-refractivity contribution in [1.29, 1.82) is 0 Å². The number of nitrogens with one attached hydrogen (secondary N) is 3. The summed E-state index contributed by atoms with van der Waals surface area (Å²) in [6, 6.07) is 8.75. The van der Waals surface area contributed by atoms with Crippen LogP contribution in [0, 0.1) is 0 Å². The summed E-state index contributed by atoms with van der Waals surface area (Å²) in [5, 5.41) is 7.69. The van der Waals surface area contributed by atoms with E-state index in [9.17, 15) is 14.4 Å². The molecule has 1 aromatic rings. The van der Waals surface area contributed by atoms with E-state index in [1.54, 1.807) is 0 Å². The van der Waals surface area contributed by atoms with E-state index < -0.39 is 11.9 Å². The molecular formula is C15H21N3O3. The molecule has 0 saturated carbocycles. The van der Waals surface area contributed by atoms with E-state index in [4.69, 9.17) is 0 Å². The van der Waals surface area contributed by atoms with Crippen LogP contribution in [-0.2, 0) is 20.8 Å². The third-order valence-corrected chi connectivity index (χ3v) is 2.71. The number of carbonyl (C=O) groups is 3. The normalized spacial score (nSPS) is 11.6. The number of amides is 3. The van der Waals surface area contributed by atoms with Crippen molar-refractivity contribution in [2.75, 3.05) is 6.54 Å². The molecule has 3 amide bonds. The maximum atomic E-state index is 12.2. The molecule has 0 saturated heterocycles. The molecule has 0 fully saturated rings. The van der Waals surface area contributed by atoms with E-state index in [-0.39, 0.29) is 18.5 Å². The molecule has 1 atom stereocenters. The van der Waals surface area contributed by atoms with Crippen LogP contribution in [-0.4, -0.2) is 36.9 Å². The van der Waals surface area contributed by atoms with Gasteiger partial charge in [0.2, 0.25) is 18.2 Å². The van der Waals surface area contributed by atoms with Crippen LogP contribution in [0.15, 0.2) is 30.3 Å². The third-order valence-electron chi connectivity index (χ3n) is 2.71. The highest BCUT2D eigenvalue weighted by atomic mass is 16.2. The number of hydrogen-bond acceptors (Lipinski definition) is 3. The monoisotopic (exact) mass is 291 g/mol. The molecule has 0 heterocycles. The average molecular weight is 291 g/mol. The summed E-state index contributed by atoms with van der Waals surface area (Å²) in [5.74, 6) is -0.643. The Balaban J connectivity index is 2.71. The Morgan fingerprint density at radius 3 is 2.38 bits per heavy atom. The van der Waals surface area contributed by atoms with Gasteiger partial charge in [-0.25, -0.2) is 0 Å². The van der Waals surface area contributed by atoms with Gasteiger partial charge >= 0.3 is 0 Å². The molecule has 6 heteroatoms. The number of carbonyl (C=O) groups excluding carboxylic acids is 3. The Labute approximate surface area is 124 Å². The highest BCUT2D eigenvalue weighted by Gasteiger charge is 2.21. The fourth-order valence-electron chi connectivity index (χ4n) is 1.82. The van der Waals surface area contributed by atoms with Gasteiger partial charge in [-0.1, -0.05) is 30.3 Å². The standard InChI is InChI=1S/C15H21N3O3/c1-11(2)17-15(21)13(18-14(20)9-16-10-19)8-12-6-4-3-5-7-12/h3-7,10-11,13H,8-9H2,1-2H3,(H,16,19)(H,17,21)(H,18,20). The zero-order chi connectivity index (χ0) is 15.7. The maximum Gasteiger partial charge on any atom is 0.243 e. The van der Waals surface area contributed by atoms with E-state index in [2.05, 4.69) is 16.0 Å². The van der Waals surface area contributed by atoms with Crippen LogP contribution < -0.4 is 16.0 Å². The van der Waals surface area contributed by atoms with Crippen molar-refractivity contribution < 1.29 is 14.4 Å². The summed E-state index contributed by atoms with van der Waals surface area (Å²) in [7, 11) is 0. The lowest BCUT2D eigenvalue weighted by molar-refractivity contribution is -0.129. The van der Waals surface area contributed by atoms with Crippen molar-refractivity contribution in [3.8, 4) is 0 Å². The summed E-state index contributed by atoms with van der Waals surface area (Å²) in [4.78, 5) is 34.0. The number of hydrogen-bond donors (Lipinski definition) is 3. The second kappa shape index (κ2) is 8.73. The minimum absolute atomic E-state index is 0.0132. The number of rotatable bonds is 8. The highest BCUT2D eigenvalue weighted by molar-refractivity contribution is 5.89. The van der Waals surface area contributed by atoms with Gasteiger partial charge in [-0.2, -0.15) is 0 Å². The molecule has 0 aliphatic heterocycles. The summed E-state index contributed by atoms with van der Waals surface area (Å²) in [6.45, 7) is 3.56. The molecule has 6 nitrogen and oxygen atoms in total. The van der Waals surface area contributed by atoms with E-state index in [1.165, 1.54) is 0 Å². The van der Waals surface area contributed by atoms with Crippen LogP contribution in [0.1, 0.15) is 19.4 Å². The molecular weight excluding hydrogens is 270 g/mol. The van der Waals surface area contributed by atoms with Gasteiger partial charge in [-0.3, -0.25) is 14.4 Å². The first kappa shape index (κ1) is 16.7. The fourth-order valence-corrected chi connectivity index (χ4v) is 1.82. The second-order valence-electron chi connectivity index (χ2n) is 4.97. The summed E-state index contributed by atoms with van der Waals surface area (Å²) < 4.78 is 0. The first-order valence-corrected chi connectivity index (χ1v) is 6.83. The quantitative estimate of drug-likeness (QED) is 0.588. The Kier molecular flexibility index (Phi) is 6.94. The molecule has 0 radical (unpaired) electrons. The van der Waals surface area contributed by atoms with Gasteiger partial charge in [0.25, 0.3) is 0 Å². The van der Waals surface area contributed by atoms with Crippen LogP contribution in [0.4, 0.5) is 0 Å². The molecule has 21 heavy (non-hydrogen) atoms. The molecule has 0 spiro atoms. The predicted octanol–water partition coefficient (Wildman–Crippen LogP) is -0.0155. The van der Waals surface area contributed by atoms with Crippen LogP contribution in [0.25, 0.3) is 0 Å². The lowest BCUT2D eigenvalue weighted by Crippen LogP contribution is -2.51. The summed E-state index contributed by atoms with van der Waals surface area (Å²) in [5.41, 5.74) is 0.949. The molecule has 114 valence electrons. The number of benzene rings is 1. The first-order chi connectivity index (χ1) is 10.0. The van der Waals surface area contributed by atoms with Crippen molar-refractivity contribution in [1.82, 2.24) is 16.0 Å². The van der Waals surface area contributed by atoms with Gasteiger partial charge in [0.15, 0.2) is 0 Å². The molecule has 0 bridgehead atoms. The van der Waals surface area contributed by atoms with E-state index in [1.807, 2.05) is 44.2 Å². The molecule has 0 aliphatic carbocycles. The van der Waals surface area contributed by atoms with Gasteiger partial charge < -0.3 is 16.0 Å². The van der Waals surface area contributed by atoms with Crippen molar-refractivity contribution in [3.63, 3.8) is 0 Å². The van der Waals surface area contributed by atoms with Crippen molar-refractivity contribution in [3.05, 3.63) is 35.9 Å². The smallest absolute Gasteiger partial charge is 0.243 e. The summed E-state index contributed by atoms with van der Waals surface area (Å²) in [6.07, 6.45) is 0.839. The van der Waals surface area contributed by atoms with E-state index >= 15 is 0 Å². The fraction of sp³-hybridized carbons (Fsp3) is 0.400. The van der Waals surface area contributed by atoms with Crippen LogP contribution >= 0.6 is 0 Å². The largest absolute Gasteiger partial charge is 0.352 e. The maximum absolute atomic E-state index is 12.2. The minimum Gasteiger partial charge on any atom is -0.352 e. The Morgan fingerprint density at radius 1 is 1.14 bits per heavy atom. The first-order valence-electron chi connectivity index (χ1n) is 6.83. The van der Waals surface area contributed by atoms with E-state index in [0.717, 1.165) is 5.56 Å². The SMILES string of the molecule is CC(C)NC(=O)C(Cc1ccccc1)NC(=O)CNC=O. The van der Waals surface area contributed by atoms with Gasteiger partial charge in [0, 0.05) is 12.5 Å². The predicted molar refractivity (Wildman–Crippen MR) is 79.4 cm³/mol. The third kappa shape index (κ3) is 6.56. The molecule has 0 aromatic heterocycles. The van der Waals surface area contributed by atoms with Crippen molar-refractivity contribution in [2.24, 2.45) is 0 Å². The average Bonchev–Trinajstić information content (AvgIpc) is 2.44. The topological polar surface area (TPSA) is 87.3 Å². The molecule has 1 unspecified atom stereocenters. The van der Waals surface area contributed by atoms with Gasteiger partial charge in [-0.05, 0) is 19.4 Å². The van der Waals surface area contributed by atoms with Crippen LogP contribution in [0.2, 0.25) is 0 Å². The lowest BCUT2D eigenvalue weighted by atomic mass is 10.0. The zero-order valence-electron chi connectivity index (χ0n) is 12.3. The Hall–Kier alpha value is -2.37. The summed E-state index contributed by atoms with van der Waals surface area (Å²) >= 11 is 0. The van der Waals surface area contributed by atoms with Crippen LogP contribution in [0.3, 0.4) is 0 Å². The molecule has 3 N–H and O–H groups in total. The molecule has 0 aliphatic rings. The van der Waals surface area contributed by atoms with Crippen molar-refractivity contribution in [2.45, 2.75) is 32.4 Å². The lowest BCUT2D eigenvalue weighted by Gasteiger charge is -2.20. The Morgan fingerprint density at radius 2 is 1.81 bits per heavy atom. The van der Waals surface area contributed by atoms with Crippen molar-refractivity contribution >= 4 is 18.2 Å². The minimum atomic E-state index is -0.671. The zero-order valence-corrected chi connectivity index (χ0v) is 12.3.